The molecule has 2 rings (SSSR count). The maximum absolute atomic E-state index is 11.9. The Kier molecular flexibility index (Phi) is 7.41. The first-order chi connectivity index (χ1) is 12.5. The van der Waals surface area contributed by atoms with Gasteiger partial charge in [0, 0.05) is 29.2 Å². The molecule has 2 amide bonds. The molecule has 0 fully saturated rings. The van der Waals surface area contributed by atoms with E-state index in [1.807, 2.05) is 49.4 Å². The smallest absolute Gasteiger partial charge is 0.244 e. The standard InChI is InChI=1S/C20H21BrN2O3/c1-14-13-16(6-9-18(14)21)23-20(25)11-12-22-19(24)10-5-15-3-7-17(26-2)8-4-15/h3-10,13H,11-12H2,1-2H3,(H,22,24)(H,23,25)/b10-5+. The normalized spacial score (nSPS) is 10.6. The fourth-order valence-corrected chi connectivity index (χ4v) is 2.44. The maximum atomic E-state index is 11.9. The highest BCUT2D eigenvalue weighted by atomic mass is 79.9. The Balaban J connectivity index is 1.73. The number of halogens is 1. The molecule has 0 aliphatic heterocycles. The average Bonchev–Trinajstić information content (AvgIpc) is 2.63. The molecule has 0 heterocycles. The molecule has 5 nitrogen and oxygen atoms in total. The van der Waals surface area contributed by atoms with E-state index in [1.54, 1.807) is 13.2 Å². The second-order valence-electron chi connectivity index (χ2n) is 5.66. The third-order valence-electron chi connectivity index (χ3n) is 3.64. The van der Waals surface area contributed by atoms with Gasteiger partial charge in [-0.05, 0) is 54.5 Å². The number of ether oxygens (including phenoxy) is 1. The first kappa shape index (κ1) is 19.7. The Morgan fingerprint density at radius 1 is 1.15 bits per heavy atom. The molecule has 0 aliphatic carbocycles. The van der Waals surface area contributed by atoms with Gasteiger partial charge in [-0.2, -0.15) is 0 Å². The molecule has 6 heteroatoms. The maximum Gasteiger partial charge on any atom is 0.244 e. The van der Waals surface area contributed by atoms with Crippen molar-refractivity contribution < 1.29 is 14.3 Å². The van der Waals surface area contributed by atoms with Gasteiger partial charge in [-0.3, -0.25) is 9.59 Å². The molecular weight excluding hydrogens is 396 g/mol. The first-order valence-electron chi connectivity index (χ1n) is 8.14. The van der Waals surface area contributed by atoms with Gasteiger partial charge in [0.15, 0.2) is 0 Å². The van der Waals surface area contributed by atoms with Gasteiger partial charge in [-0.15, -0.1) is 0 Å². The van der Waals surface area contributed by atoms with Crippen LogP contribution in [0.25, 0.3) is 6.08 Å². The van der Waals surface area contributed by atoms with Gasteiger partial charge in [-0.25, -0.2) is 0 Å². The Morgan fingerprint density at radius 3 is 2.54 bits per heavy atom. The van der Waals surface area contributed by atoms with Gasteiger partial charge in [0.05, 0.1) is 7.11 Å². The molecule has 0 unspecified atom stereocenters. The van der Waals surface area contributed by atoms with Crippen LogP contribution in [0.3, 0.4) is 0 Å². The molecule has 0 radical (unpaired) electrons. The minimum atomic E-state index is -0.242. The number of nitrogens with one attached hydrogen (secondary N) is 2. The fraction of sp³-hybridized carbons (Fsp3) is 0.200. The van der Waals surface area contributed by atoms with Crippen molar-refractivity contribution in [2.75, 3.05) is 19.0 Å². The lowest BCUT2D eigenvalue weighted by atomic mass is 10.2. The molecule has 0 atom stereocenters. The lowest BCUT2D eigenvalue weighted by Crippen LogP contribution is -2.26. The third-order valence-corrected chi connectivity index (χ3v) is 4.53. The number of anilines is 1. The lowest BCUT2D eigenvalue weighted by molar-refractivity contribution is -0.117. The molecule has 2 aromatic carbocycles. The lowest BCUT2D eigenvalue weighted by Gasteiger charge is -2.07. The number of aryl methyl sites for hydroxylation is 1. The van der Waals surface area contributed by atoms with E-state index in [0.29, 0.717) is 0 Å². The number of methoxy groups -OCH3 is 1. The molecule has 0 spiro atoms. The van der Waals surface area contributed by atoms with E-state index in [2.05, 4.69) is 26.6 Å². The van der Waals surface area contributed by atoms with E-state index in [0.717, 1.165) is 27.0 Å². The highest BCUT2D eigenvalue weighted by Gasteiger charge is 2.04. The van der Waals surface area contributed by atoms with Gasteiger partial charge in [-0.1, -0.05) is 28.1 Å². The summed E-state index contributed by atoms with van der Waals surface area (Å²) in [5, 5.41) is 5.51. The van der Waals surface area contributed by atoms with Crippen molar-refractivity contribution in [3.8, 4) is 5.75 Å². The van der Waals surface area contributed by atoms with Crippen LogP contribution in [0, 0.1) is 6.92 Å². The summed E-state index contributed by atoms with van der Waals surface area (Å²) in [4.78, 5) is 23.7. The second kappa shape index (κ2) is 9.77. The topological polar surface area (TPSA) is 67.4 Å². The number of carbonyl (C=O) groups excluding carboxylic acids is 2. The van der Waals surface area contributed by atoms with Crippen LogP contribution in [0.2, 0.25) is 0 Å². The highest BCUT2D eigenvalue weighted by molar-refractivity contribution is 9.10. The number of hydrogen-bond acceptors (Lipinski definition) is 3. The third kappa shape index (κ3) is 6.37. The number of amides is 2. The number of carbonyl (C=O) groups is 2. The predicted octanol–water partition coefficient (Wildman–Crippen LogP) is 3.92. The molecule has 26 heavy (non-hydrogen) atoms. The molecular formula is C20H21BrN2O3. The van der Waals surface area contributed by atoms with Crippen molar-refractivity contribution in [2.45, 2.75) is 13.3 Å². The summed E-state index contributed by atoms with van der Waals surface area (Å²) in [5.74, 6) is 0.373. The van der Waals surface area contributed by atoms with Crippen LogP contribution in [0.1, 0.15) is 17.5 Å². The minimum absolute atomic E-state index is 0.147. The van der Waals surface area contributed by atoms with E-state index in [1.165, 1.54) is 6.08 Å². The van der Waals surface area contributed by atoms with Crippen LogP contribution < -0.4 is 15.4 Å². The summed E-state index contributed by atoms with van der Waals surface area (Å²) in [6, 6.07) is 13.0. The minimum Gasteiger partial charge on any atom is -0.497 e. The number of hydrogen-bond donors (Lipinski definition) is 2. The fourth-order valence-electron chi connectivity index (χ4n) is 2.19. The van der Waals surface area contributed by atoms with Crippen molar-refractivity contribution in [3.63, 3.8) is 0 Å². The van der Waals surface area contributed by atoms with Crippen LogP contribution in [0.5, 0.6) is 5.75 Å². The Labute approximate surface area is 161 Å². The monoisotopic (exact) mass is 416 g/mol. The quantitative estimate of drug-likeness (QED) is 0.671. The molecule has 0 aromatic heterocycles. The van der Waals surface area contributed by atoms with Gasteiger partial charge >= 0.3 is 0 Å². The summed E-state index contributed by atoms with van der Waals surface area (Å²) in [6.45, 7) is 2.22. The van der Waals surface area contributed by atoms with Crippen molar-refractivity contribution in [1.29, 1.82) is 0 Å². The van der Waals surface area contributed by atoms with E-state index in [-0.39, 0.29) is 24.8 Å². The van der Waals surface area contributed by atoms with E-state index in [9.17, 15) is 9.59 Å². The summed E-state index contributed by atoms with van der Waals surface area (Å²) in [5.41, 5.74) is 2.67. The van der Waals surface area contributed by atoms with Crippen molar-refractivity contribution >= 4 is 39.5 Å². The number of benzene rings is 2. The van der Waals surface area contributed by atoms with E-state index < -0.39 is 0 Å². The van der Waals surface area contributed by atoms with Crippen LogP contribution in [0.4, 0.5) is 5.69 Å². The summed E-state index contributed by atoms with van der Waals surface area (Å²) >= 11 is 3.42. The summed E-state index contributed by atoms with van der Waals surface area (Å²) in [6.07, 6.45) is 3.36. The molecule has 0 aliphatic rings. The Morgan fingerprint density at radius 2 is 1.88 bits per heavy atom. The SMILES string of the molecule is COc1ccc(/C=C/C(=O)NCCC(=O)Nc2ccc(Br)c(C)c2)cc1. The molecule has 0 bridgehead atoms. The second-order valence-corrected chi connectivity index (χ2v) is 6.51. The van der Waals surface area contributed by atoms with E-state index >= 15 is 0 Å². The zero-order valence-electron chi connectivity index (χ0n) is 14.7. The van der Waals surface area contributed by atoms with Gasteiger partial charge < -0.3 is 15.4 Å². The average molecular weight is 417 g/mol. The molecule has 2 aromatic rings. The molecule has 0 saturated heterocycles. The van der Waals surface area contributed by atoms with Gasteiger partial charge in [0.2, 0.25) is 11.8 Å². The van der Waals surface area contributed by atoms with Crippen LogP contribution in [-0.2, 0) is 9.59 Å². The van der Waals surface area contributed by atoms with Crippen LogP contribution >= 0.6 is 15.9 Å². The molecule has 2 N–H and O–H groups in total. The summed E-state index contributed by atoms with van der Waals surface area (Å²) < 4.78 is 6.07. The van der Waals surface area contributed by atoms with Crippen molar-refractivity contribution in [1.82, 2.24) is 5.32 Å². The Hall–Kier alpha value is -2.60. The van der Waals surface area contributed by atoms with Gasteiger partial charge in [0.25, 0.3) is 0 Å². The first-order valence-corrected chi connectivity index (χ1v) is 8.93. The Bertz CT molecular complexity index is 801. The van der Waals surface area contributed by atoms with Crippen molar-refractivity contribution in [3.05, 3.63) is 64.1 Å². The van der Waals surface area contributed by atoms with E-state index in [4.69, 9.17) is 4.74 Å². The largest absolute Gasteiger partial charge is 0.497 e. The highest BCUT2D eigenvalue weighted by Crippen LogP contribution is 2.20. The summed E-state index contributed by atoms with van der Waals surface area (Å²) in [7, 11) is 1.60. The molecule has 136 valence electrons. The predicted molar refractivity (Wildman–Crippen MR) is 107 cm³/mol. The van der Waals surface area contributed by atoms with Crippen LogP contribution in [-0.4, -0.2) is 25.5 Å². The number of rotatable bonds is 7. The van der Waals surface area contributed by atoms with Gasteiger partial charge in [0.1, 0.15) is 5.75 Å². The molecule has 0 saturated carbocycles. The van der Waals surface area contributed by atoms with Crippen molar-refractivity contribution in [2.24, 2.45) is 0 Å². The van der Waals surface area contributed by atoms with Crippen LogP contribution in [0.15, 0.2) is 53.0 Å². The zero-order valence-corrected chi connectivity index (χ0v) is 16.3. The zero-order chi connectivity index (χ0) is 18.9.